The van der Waals surface area contributed by atoms with E-state index in [4.69, 9.17) is 4.74 Å². The molecule has 0 aliphatic carbocycles. The van der Waals surface area contributed by atoms with Crippen molar-refractivity contribution in [1.82, 2.24) is 19.6 Å². The summed E-state index contributed by atoms with van der Waals surface area (Å²) in [5.41, 5.74) is 0.957. The molecule has 7 heteroatoms. The molecule has 1 aliphatic heterocycles. The number of nitrogens with zero attached hydrogens (tertiary/aromatic N) is 3. The van der Waals surface area contributed by atoms with E-state index in [0.29, 0.717) is 12.2 Å². The Hall–Kier alpha value is -2.25. The van der Waals surface area contributed by atoms with E-state index in [9.17, 15) is 9.59 Å². The molecule has 122 valence electrons. The van der Waals surface area contributed by atoms with Crippen molar-refractivity contribution in [3.05, 3.63) is 46.0 Å². The van der Waals surface area contributed by atoms with Gasteiger partial charge in [-0.3, -0.25) is 14.0 Å². The summed E-state index contributed by atoms with van der Waals surface area (Å²) in [6, 6.07) is 5.23. The first kappa shape index (κ1) is 15.6. The predicted octanol–water partition coefficient (Wildman–Crippen LogP) is 0.0617. The SMILES string of the molecule is COC1CN(C)CC1NC(=O)c1cnc2cccc(C)n2c1=O. The highest BCUT2D eigenvalue weighted by Crippen LogP contribution is 2.11. The summed E-state index contributed by atoms with van der Waals surface area (Å²) in [6.07, 6.45) is 1.26. The number of likely N-dealkylation sites (tertiary alicyclic amines) is 1. The van der Waals surface area contributed by atoms with Crippen LogP contribution >= 0.6 is 0 Å². The monoisotopic (exact) mass is 316 g/mol. The number of pyridine rings is 1. The van der Waals surface area contributed by atoms with E-state index in [1.54, 1.807) is 13.2 Å². The number of carbonyl (C=O) groups is 1. The van der Waals surface area contributed by atoms with Gasteiger partial charge in [-0.15, -0.1) is 0 Å². The minimum absolute atomic E-state index is 0.0428. The van der Waals surface area contributed by atoms with Crippen LogP contribution in [0.25, 0.3) is 5.65 Å². The lowest BCUT2D eigenvalue weighted by atomic mass is 10.2. The molecule has 7 nitrogen and oxygen atoms in total. The lowest BCUT2D eigenvalue weighted by Gasteiger charge is -2.18. The smallest absolute Gasteiger partial charge is 0.270 e. The highest BCUT2D eigenvalue weighted by atomic mass is 16.5. The number of rotatable bonds is 3. The number of likely N-dealkylation sites (N-methyl/N-ethyl adjacent to an activating group) is 1. The van der Waals surface area contributed by atoms with Crippen LogP contribution in [-0.2, 0) is 4.74 Å². The largest absolute Gasteiger partial charge is 0.378 e. The van der Waals surface area contributed by atoms with Crippen molar-refractivity contribution in [2.24, 2.45) is 0 Å². The fraction of sp³-hybridized carbons (Fsp3) is 0.438. The highest BCUT2D eigenvalue weighted by Gasteiger charge is 2.32. The molecule has 1 fully saturated rings. The molecule has 2 unspecified atom stereocenters. The molecule has 0 bridgehead atoms. The molecule has 0 spiro atoms. The van der Waals surface area contributed by atoms with Gasteiger partial charge in [-0.1, -0.05) is 6.07 Å². The third-order valence-electron chi connectivity index (χ3n) is 4.24. The number of nitrogens with one attached hydrogen (secondary N) is 1. The standard InChI is InChI=1S/C16H20N4O3/c1-10-5-4-6-14-17-7-11(16(22)20(10)14)15(21)18-12-8-19(2)9-13(12)23-3/h4-7,12-13H,8-9H2,1-3H3,(H,18,21). The molecule has 1 saturated heterocycles. The molecular weight excluding hydrogens is 296 g/mol. The molecule has 3 rings (SSSR count). The van der Waals surface area contributed by atoms with Crippen molar-refractivity contribution in [2.45, 2.75) is 19.1 Å². The number of hydrogen-bond acceptors (Lipinski definition) is 5. The van der Waals surface area contributed by atoms with Crippen molar-refractivity contribution in [1.29, 1.82) is 0 Å². The van der Waals surface area contributed by atoms with Crippen molar-refractivity contribution in [2.75, 3.05) is 27.2 Å². The van der Waals surface area contributed by atoms with Gasteiger partial charge < -0.3 is 15.0 Å². The number of amides is 1. The Kier molecular flexibility index (Phi) is 4.14. The van der Waals surface area contributed by atoms with E-state index >= 15 is 0 Å². The summed E-state index contributed by atoms with van der Waals surface area (Å²) < 4.78 is 6.84. The zero-order valence-electron chi connectivity index (χ0n) is 13.4. The summed E-state index contributed by atoms with van der Waals surface area (Å²) >= 11 is 0. The second-order valence-electron chi connectivity index (χ2n) is 5.91. The maximum atomic E-state index is 12.6. The van der Waals surface area contributed by atoms with Crippen LogP contribution in [-0.4, -0.2) is 59.6 Å². The normalized spacial score (nSPS) is 21.7. The summed E-state index contributed by atoms with van der Waals surface area (Å²) in [5.74, 6) is -0.414. The Morgan fingerprint density at radius 1 is 1.39 bits per heavy atom. The molecule has 1 amide bonds. The fourth-order valence-electron chi connectivity index (χ4n) is 3.02. The number of ether oxygens (including phenoxy) is 1. The zero-order valence-corrected chi connectivity index (χ0v) is 13.4. The van der Waals surface area contributed by atoms with Crippen LogP contribution in [0.15, 0.2) is 29.2 Å². The van der Waals surface area contributed by atoms with Crippen LogP contribution in [0.5, 0.6) is 0 Å². The van der Waals surface area contributed by atoms with Gasteiger partial charge in [-0.05, 0) is 26.1 Å². The van der Waals surface area contributed by atoms with E-state index in [0.717, 1.165) is 12.2 Å². The summed E-state index contributed by atoms with van der Waals surface area (Å²) in [4.78, 5) is 31.4. The second kappa shape index (κ2) is 6.10. The average molecular weight is 316 g/mol. The van der Waals surface area contributed by atoms with Gasteiger partial charge in [-0.25, -0.2) is 4.98 Å². The van der Waals surface area contributed by atoms with Crippen molar-refractivity contribution >= 4 is 11.6 Å². The molecule has 3 heterocycles. The molecule has 2 aromatic heterocycles. The van der Waals surface area contributed by atoms with Crippen LogP contribution in [0.4, 0.5) is 0 Å². The van der Waals surface area contributed by atoms with Crippen LogP contribution in [0.3, 0.4) is 0 Å². The van der Waals surface area contributed by atoms with Crippen molar-refractivity contribution < 1.29 is 9.53 Å². The molecule has 1 N–H and O–H groups in total. The summed E-state index contributed by atoms with van der Waals surface area (Å²) in [7, 11) is 3.59. The quantitative estimate of drug-likeness (QED) is 0.867. The Labute approximate surface area is 133 Å². The highest BCUT2D eigenvalue weighted by molar-refractivity contribution is 5.94. The van der Waals surface area contributed by atoms with Crippen LogP contribution < -0.4 is 10.9 Å². The zero-order chi connectivity index (χ0) is 16.6. The molecule has 2 aromatic rings. The third kappa shape index (κ3) is 2.85. The first-order valence-corrected chi connectivity index (χ1v) is 7.51. The lowest BCUT2D eigenvalue weighted by molar-refractivity contribution is 0.0764. The Morgan fingerprint density at radius 3 is 2.91 bits per heavy atom. The van der Waals surface area contributed by atoms with Crippen molar-refractivity contribution in [3.63, 3.8) is 0 Å². The van der Waals surface area contributed by atoms with Gasteiger partial charge in [-0.2, -0.15) is 0 Å². The molecule has 1 aliphatic rings. The summed E-state index contributed by atoms with van der Waals surface area (Å²) in [5, 5.41) is 2.89. The maximum Gasteiger partial charge on any atom is 0.270 e. The Balaban J connectivity index is 1.91. The van der Waals surface area contributed by atoms with Gasteiger partial charge >= 0.3 is 0 Å². The number of aryl methyl sites for hydroxylation is 1. The average Bonchev–Trinajstić information content (AvgIpc) is 2.87. The molecule has 0 radical (unpaired) electrons. The molecule has 2 atom stereocenters. The number of carbonyl (C=O) groups excluding carboxylic acids is 1. The first-order valence-electron chi connectivity index (χ1n) is 7.51. The minimum atomic E-state index is -0.414. The van der Waals surface area contributed by atoms with E-state index in [-0.39, 0.29) is 23.3 Å². The second-order valence-corrected chi connectivity index (χ2v) is 5.91. The summed E-state index contributed by atoms with van der Waals surface area (Å²) in [6.45, 7) is 3.24. The molecular formula is C16H20N4O3. The van der Waals surface area contributed by atoms with Crippen molar-refractivity contribution in [3.8, 4) is 0 Å². The van der Waals surface area contributed by atoms with Gasteiger partial charge in [0.2, 0.25) is 0 Å². The van der Waals surface area contributed by atoms with Gasteiger partial charge in [0, 0.05) is 32.1 Å². The van der Waals surface area contributed by atoms with E-state index in [1.165, 1.54) is 10.6 Å². The minimum Gasteiger partial charge on any atom is -0.378 e. The Morgan fingerprint density at radius 2 is 2.17 bits per heavy atom. The number of hydrogen-bond donors (Lipinski definition) is 1. The molecule has 0 saturated carbocycles. The lowest BCUT2D eigenvalue weighted by Crippen LogP contribution is -2.45. The van der Waals surface area contributed by atoms with Gasteiger partial charge in [0.05, 0.1) is 12.1 Å². The van der Waals surface area contributed by atoms with E-state index in [2.05, 4.69) is 15.2 Å². The number of fused-ring (bicyclic) bond motifs is 1. The fourth-order valence-corrected chi connectivity index (χ4v) is 3.02. The number of methoxy groups -OCH3 is 1. The topological polar surface area (TPSA) is 75.9 Å². The molecule has 23 heavy (non-hydrogen) atoms. The van der Waals surface area contributed by atoms with Crippen LogP contribution in [0.1, 0.15) is 16.1 Å². The van der Waals surface area contributed by atoms with Crippen LogP contribution in [0, 0.1) is 6.92 Å². The van der Waals surface area contributed by atoms with E-state index in [1.807, 2.05) is 26.1 Å². The predicted molar refractivity (Wildman–Crippen MR) is 85.7 cm³/mol. The van der Waals surface area contributed by atoms with Gasteiger partial charge in [0.1, 0.15) is 11.2 Å². The van der Waals surface area contributed by atoms with Gasteiger partial charge in [0.15, 0.2) is 0 Å². The van der Waals surface area contributed by atoms with Crippen LogP contribution in [0.2, 0.25) is 0 Å². The third-order valence-corrected chi connectivity index (χ3v) is 4.24. The van der Waals surface area contributed by atoms with Gasteiger partial charge in [0.25, 0.3) is 11.5 Å². The Bertz CT molecular complexity index is 802. The first-order chi connectivity index (χ1) is 11.0. The number of aromatic nitrogens is 2. The van der Waals surface area contributed by atoms with E-state index < -0.39 is 5.91 Å². The maximum absolute atomic E-state index is 12.6. The molecule has 0 aromatic carbocycles.